The second-order valence-corrected chi connectivity index (χ2v) is 6.31. The van der Waals surface area contributed by atoms with E-state index >= 15 is 0 Å². The lowest BCUT2D eigenvalue weighted by Crippen LogP contribution is -2.33. The van der Waals surface area contributed by atoms with Crippen molar-refractivity contribution in [2.45, 2.75) is 13.8 Å². The fourth-order valence-corrected chi connectivity index (χ4v) is 2.65. The third-order valence-corrected chi connectivity index (χ3v) is 3.94. The average Bonchev–Trinajstić information content (AvgIpc) is 2.45. The van der Waals surface area contributed by atoms with Crippen molar-refractivity contribution in [1.29, 1.82) is 0 Å². The number of benzene rings is 1. The van der Waals surface area contributed by atoms with E-state index in [-0.39, 0.29) is 12.5 Å². The fourth-order valence-electron chi connectivity index (χ4n) is 2.28. The van der Waals surface area contributed by atoms with E-state index in [0.717, 1.165) is 21.1 Å². The predicted octanol–water partition coefficient (Wildman–Crippen LogP) is 3.10. The number of carbonyl (C=O) groups is 2. The first-order valence-electron chi connectivity index (χ1n) is 6.84. The van der Waals surface area contributed by atoms with Crippen LogP contribution in [0, 0.1) is 12.8 Å². The Morgan fingerprint density at radius 1 is 1.36 bits per heavy atom. The quantitative estimate of drug-likeness (QED) is 0.904. The molecule has 2 aromatic rings. The fraction of sp³-hybridized carbons (Fsp3) is 0.312. The number of carbonyl (C=O) groups excluding carboxylic acids is 1. The van der Waals surface area contributed by atoms with Crippen LogP contribution in [0.25, 0.3) is 10.9 Å². The highest BCUT2D eigenvalue weighted by molar-refractivity contribution is 9.10. The van der Waals surface area contributed by atoms with Gasteiger partial charge >= 0.3 is 5.97 Å². The van der Waals surface area contributed by atoms with Crippen molar-refractivity contribution in [2.24, 2.45) is 5.92 Å². The maximum Gasteiger partial charge on any atom is 0.308 e. The van der Waals surface area contributed by atoms with Gasteiger partial charge in [0, 0.05) is 29.1 Å². The minimum atomic E-state index is -0.918. The number of amides is 1. The van der Waals surface area contributed by atoms with Gasteiger partial charge in [-0.3, -0.25) is 14.6 Å². The summed E-state index contributed by atoms with van der Waals surface area (Å²) in [7, 11) is 1.61. The standard InChI is InChI=1S/C16H17BrN2O3/c1-9(16(21)22)8-19(3)15(20)13-6-10(2)18-14-5-4-11(17)7-12(13)14/h4-7,9H,8H2,1-3H3,(H,21,22). The van der Waals surface area contributed by atoms with Gasteiger partial charge < -0.3 is 10.0 Å². The Balaban J connectivity index is 2.42. The van der Waals surface area contributed by atoms with Crippen molar-refractivity contribution in [3.8, 4) is 0 Å². The number of carboxylic acids is 1. The zero-order chi connectivity index (χ0) is 16.4. The number of hydrogen-bond donors (Lipinski definition) is 1. The van der Waals surface area contributed by atoms with Crippen LogP contribution in [0.4, 0.5) is 0 Å². The molecular formula is C16H17BrN2O3. The summed E-state index contributed by atoms with van der Waals surface area (Å²) < 4.78 is 0.862. The van der Waals surface area contributed by atoms with Crippen molar-refractivity contribution in [3.63, 3.8) is 0 Å². The second-order valence-electron chi connectivity index (χ2n) is 5.40. The number of aryl methyl sites for hydroxylation is 1. The molecule has 1 aromatic heterocycles. The highest BCUT2D eigenvalue weighted by atomic mass is 79.9. The number of rotatable bonds is 4. The van der Waals surface area contributed by atoms with Gasteiger partial charge in [0.25, 0.3) is 5.91 Å². The largest absolute Gasteiger partial charge is 0.481 e. The Kier molecular flexibility index (Phi) is 4.81. The van der Waals surface area contributed by atoms with Crippen LogP contribution in [-0.4, -0.2) is 40.5 Å². The molecule has 0 fully saturated rings. The number of carboxylic acid groups (broad SMARTS) is 1. The van der Waals surface area contributed by atoms with E-state index in [4.69, 9.17) is 5.11 Å². The van der Waals surface area contributed by atoms with Crippen LogP contribution in [0.15, 0.2) is 28.7 Å². The summed E-state index contributed by atoms with van der Waals surface area (Å²) in [5.41, 5.74) is 2.02. The molecule has 0 saturated carbocycles. The van der Waals surface area contributed by atoms with E-state index in [0.29, 0.717) is 5.56 Å². The molecule has 1 aromatic carbocycles. The molecule has 116 valence electrons. The van der Waals surface area contributed by atoms with E-state index in [1.807, 2.05) is 25.1 Å². The van der Waals surface area contributed by atoms with Gasteiger partial charge in [-0.2, -0.15) is 0 Å². The molecule has 0 aliphatic heterocycles. The van der Waals surface area contributed by atoms with E-state index < -0.39 is 11.9 Å². The molecule has 0 bridgehead atoms. The highest BCUT2D eigenvalue weighted by Gasteiger charge is 2.20. The van der Waals surface area contributed by atoms with Crippen LogP contribution in [0.1, 0.15) is 23.0 Å². The van der Waals surface area contributed by atoms with Crippen LogP contribution in [0.3, 0.4) is 0 Å². The number of hydrogen-bond acceptors (Lipinski definition) is 3. The molecule has 0 spiro atoms. The Labute approximate surface area is 137 Å². The van der Waals surface area contributed by atoms with Gasteiger partial charge in [0.1, 0.15) is 0 Å². The van der Waals surface area contributed by atoms with E-state index in [1.54, 1.807) is 20.0 Å². The van der Waals surface area contributed by atoms with Crippen LogP contribution in [0.5, 0.6) is 0 Å². The Bertz CT molecular complexity index is 745. The first-order valence-corrected chi connectivity index (χ1v) is 7.64. The van der Waals surface area contributed by atoms with Crippen molar-refractivity contribution in [2.75, 3.05) is 13.6 Å². The van der Waals surface area contributed by atoms with Gasteiger partial charge in [-0.15, -0.1) is 0 Å². The zero-order valence-corrected chi connectivity index (χ0v) is 14.2. The average molecular weight is 365 g/mol. The molecule has 2 rings (SSSR count). The summed E-state index contributed by atoms with van der Waals surface area (Å²) in [5, 5.41) is 9.73. The maximum absolute atomic E-state index is 12.7. The third-order valence-electron chi connectivity index (χ3n) is 3.45. The SMILES string of the molecule is Cc1cc(C(=O)N(C)CC(C)C(=O)O)c2cc(Br)ccc2n1. The van der Waals surface area contributed by atoms with Gasteiger partial charge in [0.15, 0.2) is 0 Å². The minimum Gasteiger partial charge on any atom is -0.481 e. The monoisotopic (exact) mass is 364 g/mol. The topological polar surface area (TPSA) is 70.5 Å². The molecule has 5 nitrogen and oxygen atoms in total. The Morgan fingerprint density at radius 2 is 2.05 bits per heavy atom. The summed E-state index contributed by atoms with van der Waals surface area (Å²) in [6.45, 7) is 3.57. The summed E-state index contributed by atoms with van der Waals surface area (Å²) in [6.07, 6.45) is 0. The zero-order valence-electron chi connectivity index (χ0n) is 12.6. The Morgan fingerprint density at radius 3 is 2.68 bits per heavy atom. The molecule has 6 heteroatoms. The first kappa shape index (κ1) is 16.4. The van der Waals surface area contributed by atoms with Crippen molar-refractivity contribution < 1.29 is 14.7 Å². The minimum absolute atomic E-state index is 0.158. The molecule has 22 heavy (non-hydrogen) atoms. The van der Waals surface area contributed by atoms with Crippen LogP contribution >= 0.6 is 15.9 Å². The van der Waals surface area contributed by atoms with E-state index in [2.05, 4.69) is 20.9 Å². The molecule has 1 N–H and O–H groups in total. The lowest BCUT2D eigenvalue weighted by atomic mass is 10.1. The smallest absolute Gasteiger partial charge is 0.308 e. The molecule has 1 atom stereocenters. The number of aliphatic carboxylic acids is 1. The van der Waals surface area contributed by atoms with Gasteiger partial charge in [-0.1, -0.05) is 22.9 Å². The molecule has 1 amide bonds. The lowest BCUT2D eigenvalue weighted by Gasteiger charge is -2.20. The van der Waals surface area contributed by atoms with Crippen molar-refractivity contribution >= 4 is 38.7 Å². The lowest BCUT2D eigenvalue weighted by molar-refractivity contribution is -0.141. The van der Waals surface area contributed by atoms with Crippen LogP contribution < -0.4 is 0 Å². The molecular weight excluding hydrogens is 348 g/mol. The highest BCUT2D eigenvalue weighted by Crippen LogP contribution is 2.24. The number of nitrogens with zero attached hydrogens (tertiary/aromatic N) is 2. The van der Waals surface area contributed by atoms with Gasteiger partial charge in [-0.25, -0.2) is 0 Å². The number of pyridine rings is 1. The molecule has 1 unspecified atom stereocenters. The first-order chi connectivity index (χ1) is 10.3. The molecule has 0 aliphatic carbocycles. The summed E-state index contributed by atoms with van der Waals surface area (Å²) in [4.78, 5) is 29.5. The van der Waals surface area contributed by atoms with Crippen molar-refractivity contribution in [3.05, 3.63) is 40.0 Å². The second kappa shape index (κ2) is 6.44. The maximum atomic E-state index is 12.7. The number of halogens is 1. The summed E-state index contributed by atoms with van der Waals surface area (Å²) in [6, 6.07) is 7.31. The van der Waals surface area contributed by atoms with E-state index in [9.17, 15) is 9.59 Å². The normalized spacial score (nSPS) is 12.2. The summed E-state index contributed by atoms with van der Waals surface area (Å²) in [5.74, 6) is -1.74. The molecule has 0 radical (unpaired) electrons. The Hall–Kier alpha value is -1.95. The third kappa shape index (κ3) is 3.44. The molecule has 1 heterocycles. The summed E-state index contributed by atoms with van der Waals surface area (Å²) >= 11 is 3.40. The predicted molar refractivity (Wildman–Crippen MR) is 87.9 cm³/mol. The number of aromatic nitrogens is 1. The molecule has 0 aliphatic rings. The number of fused-ring (bicyclic) bond motifs is 1. The van der Waals surface area contributed by atoms with Crippen LogP contribution in [-0.2, 0) is 4.79 Å². The molecule has 0 saturated heterocycles. The van der Waals surface area contributed by atoms with Crippen molar-refractivity contribution in [1.82, 2.24) is 9.88 Å². The van der Waals surface area contributed by atoms with Gasteiger partial charge in [0.2, 0.25) is 0 Å². The van der Waals surface area contributed by atoms with E-state index in [1.165, 1.54) is 4.90 Å². The van der Waals surface area contributed by atoms with Gasteiger partial charge in [0.05, 0.1) is 17.0 Å². The van der Waals surface area contributed by atoms with Crippen LogP contribution in [0.2, 0.25) is 0 Å². The van der Waals surface area contributed by atoms with Gasteiger partial charge in [-0.05, 0) is 31.2 Å².